The van der Waals surface area contributed by atoms with E-state index in [-0.39, 0.29) is 12.0 Å². The van der Waals surface area contributed by atoms with Gasteiger partial charge in [0.05, 0.1) is 10.6 Å². The lowest BCUT2D eigenvalue weighted by Gasteiger charge is -2.21. The summed E-state index contributed by atoms with van der Waals surface area (Å²) in [6.07, 6.45) is 4.53. The third-order valence-electron chi connectivity index (χ3n) is 4.34. The quantitative estimate of drug-likeness (QED) is 0.695. The van der Waals surface area contributed by atoms with Crippen molar-refractivity contribution in [2.45, 2.75) is 30.4 Å². The zero-order chi connectivity index (χ0) is 17.5. The highest BCUT2D eigenvalue weighted by atomic mass is 32.2. The van der Waals surface area contributed by atoms with Crippen LogP contribution < -0.4 is 10.2 Å². The van der Waals surface area contributed by atoms with Gasteiger partial charge in [-0.2, -0.15) is 0 Å². The van der Waals surface area contributed by atoms with E-state index in [1.54, 1.807) is 23.1 Å². The highest BCUT2D eigenvalue weighted by Crippen LogP contribution is 2.24. The van der Waals surface area contributed by atoms with E-state index in [2.05, 4.69) is 22.8 Å². The fourth-order valence-corrected chi connectivity index (χ4v) is 4.49. The molecule has 1 saturated heterocycles. The van der Waals surface area contributed by atoms with Crippen LogP contribution in [0.1, 0.15) is 17.7 Å². The summed E-state index contributed by atoms with van der Waals surface area (Å²) in [6.45, 7) is 3.06. The SMILES string of the molecule is CSc1ccccc1NC(=O)C[NH+](Cc1cccs1)C[C@@H]1CCCO1. The number of rotatable bonds is 8. The van der Waals surface area contributed by atoms with Crippen molar-refractivity contribution < 1.29 is 14.4 Å². The lowest BCUT2D eigenvalue weighted by molar-refractivity contribution is -0.908. The second-order valence-electron chi connectivity index (χ2n) is 6.27. The molecule has 1 aromatic heterocycles. The third kappa shape index (κ3) is 5.57. The van der Waals surface area contributed by atoms with Crippen molar-refractivity contribution in [3.8, 4) is 0 Å². The summed E-state index contributed by atoms with van der Waals surface area (Å²) in [6, 6.07) is 12.1. The van der Waals surface area contributed by atoms with Gasteiger partial charge in [0, 0.05) is 11.5 Å². The number of anilines is 1. The maximum absolute atomic E-state index is 12.6. The number of hydrogen-bond donors (Lipinski definition) is 2. The van der Waals surface area contributed by atoms with Gasteiger partial charge in [-0.15, -0.1) is 23.1 Å². The summed E-state index contributed by atoms with van der Waals surface area (Å²) in [4.78, 5) is 16.3. The largest absolute Gasteiger partial charge is 0.372 e. The molecule has 4 nitrogen and oxygen atoms in total. The van der Waals surface area contributed by atoms with Crippen LogP contribution >= 0.6 is 23.1 Å². The van der Waals surface area contributed by atoms with Crippen molar-refractivity contribution in [2.75, 3.05) is 31.3 Å². The lowest BCUT2D eigenvalue weighted by atomic mass is 10.2. The first-order valence-electron chi connectivity index (χ1n) is 8.65. The molecule has 1 unspecified atom stereocenters. The smallest absolute Gasteiger partial charge is 0.279 e. The van der Waals surface area contributed by atoms with E-state index >= 15 is 0 Å². The summed E-state index contributed by atoms with van der Waals surface area (Å²) in [7, 11) is 0. The van der Waals surface area contributed by atoms with Gasteiger partial charge in [-0.3, -0.25) is 4.79 Å². The van der Waals surface area contributed by atoms with Gasteiger partial charge in [-0.25, -0.2) is 0 Å². The van der Waals surface area contributed by atoms with E-state index in [4.69, 9.17) is 4.74 Å². The van der Waals surface area contributed by atoms with Gasteiger partial charge < -0.3 is 15.0 Å². The molecular formula is C19H25N2O2S2+. The number of amides is 1. The number of carbonyl (C=O) groups is 1. The van der Waals surface area contributed by atoms with Crippen LogP contribution in [0.4, 0.5) is 5.69 Å². The molecule has 0 saturated carbocycles. The molecule has 0 aliphatic carbocycles. The van der Waals surface area contributed by atoms with E-state index in [1.807, 2.05) is 30.5 Å². The zero-order valence-corrected chi connectivity index (χ0v) is 16.1. The molecule has 0 spiro atoms. The van der Waals surface area contributed by atoms with Crippen LogP contribution in [-0.2, 0) is 16.1 Å². The highest BCUT2D eigenvalue weighted by Gasteiger charge is 2.24. The Morgan fingerprint density at radius 1 is 1.36 bits per heavy atom. The molecule has 2 N–H and O–H groups in total. The average molecular weight is 378 g/mol. The Morgan fingerprint density at radius 2 is 2.24 bits per heavy atom. The van der Waals surface area contributed by atoms with Crippen LogP contribution in [0.5, 0.6) is 0 Å². The molecule has 25 heavy (non-hydrogen) atoms. The first kappa shape index (κ1) is 18.5. The summed E-state index contributed by atoms with van der Waals surface area (Å²) in [5.41, 5.74) is 0.896. The average Bonchev–Trinajstić information content (AvgIpc) is 3.29. The molecule has 134 valence electrons. The molecule has 1 aliphatic rings. The minimum Gasteiger partial charge on any atom is -0.372 e. The van der Waals surface area contributed by atoms with Crippen molar-refractivity contribution >= 4 is 34.7 Å². The Hall–Kier alpha value is -1.34. The Bertz CT molecular complexity index is 670. The predicted octanol–water partition coefficient (Wildman–Crippen LogP) is 2.67. The monoisotopic (exact) mass is 377 g/mol. The lowest BCUT2D eigenvalue weighted by Crippen LogP contribution is -3.12. The van der Waals surface area contributed by atoms with Gasteiger partial charge in [0.25, 0.3) is 5.91 Å². The van der Waals surface area contributed by atoms with Gasteiger partial charge in [-0.1, -0.05) is 18.2 Å². The molecule has 6 heteroatoms. The first-order chi connectivity index (χ1) is 12.2. The second kappa shape index (κ2) is 9.38. The molecule has 3 rings (SSSR count). The van der Waals surface area contributed by atoms with Gasteiger partial charge in [-0.05, 0) is 42.7 Å². The number of carbonyl (C=O) groups excluding carboxylic acids is 1. The molecule has 0 bridgehead atoms. The number of thiophene rings is 1. The maximum atomic E-state index is 12.6. The van der Waals surface area contributed by atoms with Crippen molar-refractivity contribution in [3.63, 3.8) is 0 Å². The predicted molar refractivity (Wildman–Crippen MR) is 105 cm³/mol. The third-order valence-corrected chi connectivity index (χ3v) is 6.01. The van der Waals surface area contributed by atoms with Crippen LogP contribution in [0, 0.1) is 0 Å². The van der Waals surface area contributed by atoms with Gasteiger partial charge >= 0.3 is 0 Å². The highest BCUT2D eigenvalue weighted by molar-refractivity contribution is 7.98. The Balaban J connectivity index is 1.62. The zero-order valence-electron chi connectivity index (χ0n) is 14.5. The molecule has 1 amide bonds. The van der Waals surface area contributed by atoms with E-state index in [9.17, 15) is 4.79 Å². The van der Waals surface area contributed by atoms with Gasteiger partial charge in [0.2, 0.25) is 0 Å². The van der Waals surface area contributed by atoms with Crippen LogP contribution in [0.15, 0.2) is 46.7 Å². The summed E-state index contributed by atoms with van der Waals surface area (Å²) >= 11 is 3.40. The molecule has 1 aromatic carbocycles. The van der Waals surface area contributed by atoms with Crippen molar-refractivity contribution in [1.82, 2.24) is 0 Å². The number of nitrogens with one attached hydrogen (secondary N) is 2. The molecule has 2 atom stereocenters. The number of para-hydroxylation sites is 1. The Morgan fingerprint density at radius 3 is 2.96 bits per heavy atom. The summed E-state index contributed by atoms with van der Waals surface area (Å²) < 4.78 is 5.79. The molecular weight excluding hydrogens is 352 g/mol. The van der Waals surface area contributed by atoms with E-state index in [0.717, 1.165) is 43.1 Å². The molecule has 2 heterocycles. The Labute approximate surface area is 157 Å². The van der Waals surface area contributed by atoms with Crippen molar-refractivity contribution in [1.29, 1.82) is 0 Å². The summed E-state index contributed by atoms with van der Waals surface area (Å²) in [5, 5.41) is 5.17. The minimum atomic E-state index is 0.0612. The second-order valence-corrected chi connectivity index (χ2v) is 8.15. The molecule has 1 fully saturated rings. The minimum absolute atomic E-state index is 0.0612. The van der Waals surface area contributed by atoms with Gasteiger partial charge in [0.15, 0.2) is 6.54 Å². The molecule has 2 aromatic rings. The van der Waals surface area contributed by atoms with Crippen LogP contribution in [0.3, 0.4) is 0 Å². The number of thioether (sulfide) groups is 1. The number of quaternary nitrogens is 1. The summed E-state index contributed by atoms with van der Waals surface area (Å²) in [5.74, 6) is 0.0612. The van der Waals surface area contributed by atoms with E-state index < -0.39 is 0 Å². The number of ether oxygens (including phenoxy) is 1. The Kier molecular flexibility index (Phi) is 6.93. The van der Waals surface area contributed by atoms with Gasteiger partial charge in [0.1, 0.15) is 19.2 Å². The van der Waals surface area contributed by atoms with Crippen molar-refractivity contribution in [3.05, 3.63) is 46.7 Å². The van der Waals surface area contributed by atoms with E-state index in [0.29, 0.717) is 6.54 Å². The topological polar surface area (TPSA) is 42.8 Å². The standard InChI is InChI=1S/C19H24N2O2S2/c1-24-18-9-3-2-8-17(18)20-19(22)14-21(12-15-6-4-10-23-15)13-16-7-5-11-25-16/h2-3,5,7-9,11,15H,4,6,10,12-14H2,1H3,(H,20,22)/p+1/t15-/m0/s1. The molecule has 1 aliphatic heterocycles. The first-order valence-corrected chi connectivity index (χ1v) is 10.8. The van der Waals surface area contributed by atoms with Crippen molar-refractivity contribution in [2.24, 2.45) is 0 Å². The number of benzene rings is 1. The van der Waals surface area contributed by atoms with Crippen LogP contribution in [-0.4, -0.2) is 38.0 Å². The van der Waals surface area contributed by atoms with E-state index in [1.165, 1.54) is 9.78 Å². The number of hydrogen-bond acceptors (Lipinski definition) is 4. The fourth-order valence-electron chi connectivity index (χ4n) is 3.16. The normalized spacial score (nSPS) is 18.2. The van der Waals surface area contributed by atoms with Crippen LogP contribution in [0.25, 0.3) is 0 Å². The molecule has 0 radical (unpaired) electrons. The maximum Gasteiger partial charge on any atom is 0.279 e. The fraction of sp³-hybridized carbons (Fsp3) is 0.421. The van der Waals surface area contributed by atoms with Crippen LogP contribution in [0.2, 0.25) is 0 Å².